The molecular formula is C13H18N4O2S. The molecule has 3 N–H and O–H groups in total. The van der Waals surface area contributed by atoms with Crippen molar-refractivity contribution in [3.63, 3.8) is 0 Å². The third kappa shape index (κ3) is 2.62. The molecule has 20 heavy (non-hydrogen) atoms. The van der Waals surface area contributed by atoms with Crippen molar-refractivity contribution in [1.29, 1.82) is 0 Å². The van der Waals surface area contributed by atoms with Gasteiger partial charge in [0.05, 0.1) is 17.6 Å². The van der Waals surface area contributed by atoms with Gasteiger partial charge in [0.2, 0.25) is 0 Å². The zero-order valence-electron chi connectivity index (χ0n) is 11.5. The van der Waals surface area contributed by atoms with Gasteiger partial charge < -0.3 is 5.73 Å². The fourth-order valence-corrected chi connectivity index (χ4v) is 3.66. The molecule has 0 atom stereocenters. The first-order valence-electron chi connectivity index (χ1n) is 6.35. The molecule has 2 aromatic rings. The van der Waals surface area contributed by atoms with E-state index in [4.69, 9.17) is 5.73 Å². The maximum atomic E-state index is 12.7. The number of rotatable bonds is 5. The molecule has 6 nitrogen and oxygen atoms in total. The second kappa shape index (κ2) is 5.54. The third-order valence-electron chi connectivity index (χ3n) is 2.94. The van der Waals surface area contributed by atoms with E-state index in [-0.39, 0.29) is 4.90 Å². The first-order chi connectivity index (χ1) is 9.46. The molecule has 108 valence electrons. The molecule has 1 aromatic carbocycles. The van der Waals surface area contributed by atoms with Crippen LogP contribution in [-0.2, 0) is 10.0 Å². The normalized spacial score (nSPS) is 11.5. The molecule has 0 bridgehead atoms. The molecular weight excluding hydrogens is 276 g/mol. The van der Waals surface area contributed by atoms with Gasteiger partial charge in [-0.2, -0.15) is 5.10 Å². The van der Waals surface area contributed by atoms with E-state index < -0.39 is 10.0 Å². The number of nitrogens with zero attached hydrogens (tertiary/aromatic N) is 2. The van der Waals surface area contributed by atoms with E-state index >= 15 is 0 Å². The predicted octanol–water partition coefficient (Wildman–Crippen LogP) is 1.91. The summed E-state index contributed by atoms with van der Waals surface area (Å²) in [6.45, 7) is 4.00. The summed E-state index contributed by atoms with van der Waals surface area (Å²) >= 11 is 0. The van der Waals surface area contributed by atoms with Crippen LogP contribution in [0.5, 0.6) is 0 Å². The number of aromatic amines is 1. The zero-order valence-corrected chi connectivity index (χ0v) is 12.3. The quantitative estimate of drug-likeness (QED) is 0.824. The summed E-state index contributed by atoms with van der Waals surface area (Å²) in [6.07, 6.45) is 2.03. The van der Waals surface area contributed by atoms with Crippen LogP contribution in [0.1, 0.15) is 19.0 Å². The lowest BCUT2D eigenvalue weighted by Crippen LogP contribution is -2.32. The number of hydrogen-bond acceptors (Lipinski definition) is 4. The second-order valence-electron chi connectivity index (χ2n) is 4.53. The van der Waals surface area contributed by atoms with E-state index in [1.165, 1.54) is 10.5 Å². The average molecular weight is 294 g/mol. The highest BCUT2D eigenvalue weighted by Gasteiger charge is 2.27. The van der Waals surface area contributed by atoms with Gasteiger partial charge >= 0.3 is 0 Å². The van der Waals surface area contributed by atoms with Crippen LogP contribution in [0.3, 0.4) is 0 Å². The van der Waals surface area contributed by atoms with Gasteiger partial charge in [-0.15, -0.1) is 0 Å². The number of sulfonamides is 1. The minimum absolute atomic E-state index is 0.188. The van der Waals surface area contributed by atoms with Gasteiger partial charge in [-0.05, 0) is 31.5 Å². The van der Waals surface area contributed by atoms with Gasteiger partial charge in [0.25, 0.3) is 10.0 Å². The molecule has 1 aromatic heterocycles. The van der Waals surface area contributed by atoms with E-state index in [0.29, 0.717) is 30.0 Å². The summed E-state index contributed by atoms with van der Waals surface area (Å²) in [5, 5.41) is 6.44. The fourth-order valence-electron chi connectivity index (χ4n) is 1.99. The Balaban J connectivity index is 2.51. The average Bonchev–Trinajstić information content (AvgIpc) is 2.82. The predicted molar refractivity (Wildman–Crippen MR) is 79.0 cm³/mol. The van der Waals surface area contributed by atoms with Crippen LogP contribution in [0.25, 0.3) is 0 Å². The third-order valence-corrected chi connectivity index (χ3v) is 4.88. The van der Waals surface area contributed by atoms with E-state index in [2.05, 4.69) is 10.2 Å². The molecule has 2 rings (SSSR count). The number of aryl methyl sites for hydroxylation is 1. The maximum absolute atomic E-state index is 12.7. The molecule has 1 heterocycles. The number of aromatic nitrogens is 2. The highest BCUT2D eigenvalue weighted by molar-refractivity contribution is 7.92. The maximum Gasteiger partial charge on any atom is 0.267 e. The summed E-state index contributed by atoms with van der Waals surface area (Å²) in [4.78, 5) is 0.188. The molecule has 0 unspecified atom stereocenters. The van der Waals surface area contributed by atoms with E-state index in [1.807, 2.05) is 6.92 Å². The van der Waals surface area contributed by atoms with Crippen molar-refractivity contribution in [1.82, 2.24) is 10.2 Å². The summed E-state index contributed by atoms with van der Waals surface area (Å²) in [7, 11) is -3.64. The highest BCUT2D eigenvalue weighted by Crippen LogP contribution is 2.26. The number of benzene rings is 1. The summed E-state index contributed by atoms with van der Waals surface area (Å²) in [6, 6.07) is 6.86. The minimum Gasteiger partial charge on any atom is -0.399 e. The molecule has 0 aliphatic rings. The monoisotopic (exact) mass is 294 g/mol. The van der Waals surface area contributed by atoms with Crippen molar-refractivity contribution in [2.24, 2.45) is 0 Å². The molecule has 0 aliphatic carbocycles. The number of nitrogens with one attached hydrogen (secondary N) is 1. The molecule has 0 amide bonds. The zero-order chi connectivity index (χ0) is 14.8. The van der Waals surface area contributed by atoms with Crippen molar-refractivity contribution in [2.75, 3.05) is 16.6 Å². The van der Waals surface area contributed by atoms with Gasteiger partial charge in [-0.3, -0.25) is 9.40 Å². The number of nitrogen functional groups attached to an aromatic ring is 1. The number of anilines is 2. The number of H-pyrrole nitrogens is 1. The van der Waals surface area contributed by atoms with Crippen LogP contribution in [0.2, 0.25) is 0 Å². The molecule has 0 saturated carbocycles. The largest absolute Gasteiger partial charge is 0.399 e. The van der Waals surface area contributed by atoms with Gasteiger partial charge in [0, 0.05) is 12.2 Å². The molecule has 0 fully saturated rings. The summed E-state index contributed by atoms with van der Waals surface area (Å²) in [5.41, 5.74) is 7.36. The van der Waals surface area contributed by atoms with E-state index in [1.54, 1.807) is 31.2 Å². The van der Waals surface area contributed by atoms with Crippen LogP contribution in [0, 0.1) is 6.92 Å². The Morgan fingerprint density at radius 2 is 2.15 bits per heavy atom. The minimum atomic E-state index is -3.64. The van der Waals surface area contributed by atoms with Gasteiger partial charge in [-0.1, -0.05) is 13.0 Å². The lowest BCUT2D eigenvalue weighted by atomic mass is 10.3. The van der Waals surface area contributed by atoms with E-state index in [9.17, 15) is 8.42 Å². The van der Waals surface area contributed by atoms with Crippen molar-refractivity contribution in [2.45, 2.75) is 25.2 Å². The van der Waals surface area contributed by atoms with Crippen LogP contribution in [0.15, 0.2) is 35.4 Å². The number of hydrogen-bond donors (Lipinski definition) is 2. The van der Waals surface area contributed by atoms with Crippen molar-refractivity contribution < 1.29 is 8.42 Å². The van der Waals surface area contributed by atoms with Gasteiger partial charge in [-0.25, -0.2) is 8.42 Å². The molecule has 0 saturated heterocycles. The highest BCUT2D eigenvalue weighted by atomic mass is 32.2. The molecule has 0 radical (unpaired) electrons. The Morgan fingerprint density at radius 3 is 2.70 bits per heavy atom. The fraction of sp³-hybridized carbons (Fsp3) is 0.308. The SMILES string of the molecule is CCCN(c1cccc(N)c1)S(=O)(=O)c1cn[nH]c1C. The molecule has 0 spiro atoms. The second-order valence-corrected chi connectivity index (χ2v) is 6.36. The summed E-state index contributed by atoms with van der Waals surface area (Å²) < 4.78 is 26.8. The van der Waals surface area contributed by atoms with Crippen LogP contribution >= 0.6 is 0 Å². The van der Waals surface area contributed by atoms with Gasteiger partial charge in [0.1, 0.15) is 4.90 Å². The van der Waals surface area contributed by atoms with Crippen molar-refractivity contribution in [3.8, 4) is 0 Å². The van der Waals surface area contributed by atoms with Crippen molar-refractivity contribution in [3.05, 3.63) is 36.2 Å². The van der Waals surface area contributed by atoms with Crippen LogP contribution in [-0.4, -0.2) is 25.2 Å². The van der Waals surface area contributed by atoms with Gasteiger partial charge in [0.15, 0.2) is 0 Å². The first-order valence-corrected chi connectivity index (χ1v) is 7.79. The number of nitrogens with two attached hydrogens (primary N) is 1. The Morgan fingerprint density at radius 1 is 1.40 bits per heavy atom. The van der Waals surface area contributed by atoms with Crippen LogP contribution < -0.4 is 10.0 Å². The smallest absolute Gasteiger partial charge is 0.267 e. The molecule has 0 aliphatic heterocycles. The lowest BCUT2D eigenvalue weighted by Gasteiger charge is -2.23. The topological polar surface area (TPSA) is 92.1 Å². The Bertz CT molecular complexity index is 694. The summed E-state index contributed by atoms with van der Waals surface area (Å²) in [5.74, 6) is 0. The van der Waals surface area contributed by atoms with Crippen molar-refractivity contribution >= 4 is 21.4 Å². The molecule has 7 heteroatoms. The Hall–Kier alpha value is -2.02. The van der Waals surface area contributed by atoms with E-state index in [0.717, 1.165) is 0 Å². The Labute approximate surface area is 118 Å². The lowest BCUT2D eigenvalue weighted by molar-refractivity contribution is 0.589. The van der Waals surface area contributed by atoms with Crippen LogP contribution in [0.4, 0.5) is 11.4 Å². The first kappa shape index (κ1) is 14.4. The standard InChI is InChI=1S/C13H18N4O2S/c1-3-7-17(12-6-4-5-11(14)8-12)20(18,19)13-9-15-16-10(13)2/h4-6,8-9H,3,7,14H2,1-2H3,(H,15,16). The Kier molecular flexibility index (Phi) is 3.99.